The molecule has 1 aromatic carbocycles. The number of hydrazine groups is 1. The highest BCUT2D eigenvalue weighted by molar-refractivity contribution is 7.98. The highest BCUT2D eigenvalue weighted by Crippen LogP contribution is 2.27. The normalized spacial score (nSPS) is 10.6. The number of rotatable bonds is 6. The first kappa shape index (κ1) is 15.1. The van der Waals surface area contributed by atoms with Crippen LogP contribution < -0.4 is 17.0 Å². The lowest BCUT2D eigenvalue weighted by molar-refractivity contribution is -0.384. The molecule has 0 radical (unpaired) electrons. The number of anilines is 1. The number of hydrogen-bond acceptors (Lipinski definition) is 7. The number of nitro groups is 1. The molecule has 9 nitrogen and oxygen atoms in total. The summed E-state index contributed by atoms with van der Waals surface area (Å²) < 4.78 is 1.48. The van der Waals surface area contributed by atoms with E-state index in [0.29, 0.717) is 28.7 Å². The predicted molar refractivity (Wildman–Crippen MR) is 79.0 cm³/mol. The number of aromatic nitrogens is 3. The number of nitro benzene ring substituents is 1. The lowest BCUT2D eigenvalue weighted by Gasteiger charge is -2.08. The van der Waals surface area contributed by atoms with E-state index in [-0.39, 0.29) is 11.4 Å². The van der Waals surface area contributed by atoms with Gasteiger partial charge in [-0.1, -0.05) is 11.8 Å². The number of nitrogen functional groups attached to an aromatic ring is 1. The van der Waals surface area contributed by atoms with Crippen LogP contribution in [0.4, 0.5) is 11.4 Å². The Hall–Kier alpha value is -2.33. The third kappa shape index (κ3) is 3.23. The van der Waals surface area contributed by atoms with Crippen molar-refractivity contribution in [1.82, 2.24) is 14.8 Å². The van der Waals surface area contributed by atoms with E-state index in [1.54, 1.807) is 6.07 Å². The summed E-state index contributed by atoms with van der Waals surface area (Å²) in [5.74, 6) is 5.79. The molecule has 21 heavy (non-hydrogen) atoms. The zero-order valence-corrected chi connectivity index (χ0v) is 12.0. The molecule has 0 saturated carbocycles. The summed E-state index contributed by atoms with van der Waals surface area (Å²) in [6, 6.07) is 4.37. The van der Waals surface area contributed by atoms with Crippen LogP contribution in [0.15, 0.2) is 28.2 Å². The van der Waals surface area contributed by atoms with E-state index in [1.807, 2.05) is 6.92 Å². The smallest absolute Gasteiger partial charge is 0.324 e. The Morgan fingerprint density at radius 1 is 1.57 bits per heavy atom. The van der Waals surface area contributed by atoms with Crippen LogP contribution in [0.2, 0.25) is 0 Å². The standard InChI is InChI=1S/C11H14N6O3S/c1-2-16-10(18)14-15-11(16)21-6-7-5-8(17(19)20)3-4-9(7)13-12/h3-5,13H,2,6,12H2,1H3,(H,14,18). The molecule has 1 aromatic heterocycles. The molecule has 0 fully saturated rings. The molecule has 4 N–H and O–H groups in total. The van der Waals surface area contributed by atoms with Gasteiger partial charge in [0.2, 0.25) is 0 Å². The average molecular weight is 310 g/mol. The van der Waals surface area contributed by atoms with Gasteiger partial charge in [-0.25, -0.2) is 9.89 Å². The second-order valence-electron chi connectivity index (χ2n) is 4.09. The second kappa shape index (κ2) is 6.41. The molecule has 112 valence electrons. The van der Waals surface area contributed by atoms with Gasteiger partial charge in [-0.2, -0.15) is 0 Å². The SMILES string of the molecule is CCn1c(SCc2cc([N+](=O)[O-])ccc2NN)n[nH]c1=O. The second-order valence-corrected chi connectivity index (χ2v) is 5.03. The highest BCUT2D eigenvalue weighted by atomic mass is 32.2. The largest absolute Gasteiger partial charge is 0.343 e. The molecular weight excluding hydrogens is 296 g/mol. The number of thioether (sulfide) groups is 1. The topological polar surface area (TPSA) is 132 Å². The molecule has 0 spiro atoms. The van der Waals surface area contributed by atoms with Crippen molar-refractivity contribution in [2.45, 2.75) is 24.4 Å². The molecule has 2 aromatic rings. The van der Waals surface area contributed by atoms with Gasteiger partial charge in [0.15, 0.2) is 5.16 Å². The number of aromatic amines is 1. The maximum atomic E-state index is 11.5. The van der Waals surface area contributed by atoms with E-state index in [9.17, 15) is 14.9 Å². The fraction of sp³-hybridized carbons (Fsp3) is 0.273. The Bertz CT molecular complexity index is 710. The predicted octanol–water partition coefficient (Wildman–Crippen LogP) is 1.08. The van der Waals surface area contributed by atoms with Gasteiger partial charge in [0.05, 0.1) is 10.6 Å². The molecule has 0 unspecified atom stereocenters. The average Bonchev–Trinajstić information content (AvgIpc) is 2.84. The first-order chi connectivity index (χ1) is 10.1. The van der Waals surface area contributed by atoms with Crippen molar-refractivity contribution in [2.75, 3.05) is 5.43 Å². The molecule has 0 amide bonds. The van der Waals surface area contributed by atoms with E-state index in [2.05, 4.69) is 15.6 Å². The van der Waals surface area contributed by atoms with Gasteiger partial charge in [0.25, 0.3) is 5.69 Å². The van der Waals surface area contributed by atoms with E-state index >= 15 is 0 Å². The monoisotopic (exact) mass is 310 g/mol. The molecule has 0 atom stereocenters. The Morgan fingerprint density at radius 2 is 2.33 bits per heavy atom. The van der Waals surface area contributed by atoms with E-state index in [0.717, 1.165) is 0 Å². The molecule has 2 rings (SSSR count). The third-order valence-electron chi connectivity index (χ3n) is 2.85. The Balaban J connectivity index is 2.24. The number of benzene rings is 1. The van der Waals surface area contributed by atoms with Crippen LogP contribution in [-0.2, 0) is 12.3 Å². The number of hydrogen-bond donors (Lipinski definition) is 3. The number of nitrogens with zero attached hydrogens (tertiary/aromatic N) is 3. The summed E-state index contributed by atoms with van der Waals surface area (Å²) in [5, 5.41) is 17.6. The minimum atomic E-state index is -0.467. The van der Waals surface area contributed by atoms with Crippen LogP contribution in [0.1, 0.15) is 12.5 Å². The zero-order chi connectivity index (χ0) is 15.4. The molecule has 10 heteroatoms. The lowest BCUT2D eigenvalue weighted by Crippen LogP contribution is -2.16. The molecule has 0 saturated heterocycles. The molecule has 0 bridgehead atoms. The van der Waals surface area contributed by atoms with Gasteiger partial charge < -0.3 is 5.43 Å². The van der Waals surface area contributed by atoms with Crippen molar-refractivity contribution < 1.29 is 4.92 Å². The van der Waals surface area contributed by atoms with Gasteiger partial charge in [0, 0.05) is 24.4 Å². The zero-order valence-electron chi connectivity index (χ0n) is 11.2. The lowest BCUT2D eigenvalue weighted by atomic mass is 10.2. The van der Waals surface area contributed by atoms with Crippen LogP contribution in [-0.4, -0.2) is 19.7 Å². The number of nitrogens with one attached hydrogen (secondary N) is 2. The number of nitrogens with two attached hydrogens (primary N) is 1. The molecular formula is C11H14N6O3S. The first-order valence-electron chi connectivity index (χ1n) is 6.08. The van der Waals surface area contributed by atoms with Crippen molar-refractivity contribution in [2.24, 2.45) is 5.84 Å². The quantitative estimate of drug-likeness (QED) is 0.315. The number of H-pyrrole nitrogens is 1. The van der Waals surface area contributed by atoms with Gasteiger partial charge in [-0.15, -0.1) is 5.10 Å². The van der Waals surface area contributed by atoms with Crippen molar-refractivity contribution >= 4 is 23.1 Å². The molecule has 0 aliphatic heterocycles. The van der Waals surface area contributed by atoms with E-state index in [4.69, 9.17) is 5.84 Å². The van der Waals surface area contributed by atoms with Crippen molar-refractivity contribution in [3.05, 3.63) is 44.4 Å². The van der Waals surface area contributed by atoms with Crippen LogP contribution in [0.25, 0.3) is 0 Å². The van der Waals surface area contributed by atoms with Crippen LogP contribution >= 0.6 is 11.8 Å². The summed E-state index contributed by atoms with van der Waals surface area (Å²) >= 11 is 1.30. The fourth-order valence-electron chi connectivity index (χ4n) is 1.79. The van der Waals surface area contributed by atoms with Crippen molar-refractivity contribution in [3.8, 4) is 0 Å². The Morgan fingerprint density at radius 3 is 2.95 bits per heavy atom. The summed E-state index contributed by atoms with van der Waals surface area (Å²) in [6.45, 7) is 2.33. The molecule has 1 heterocycles. The summed E-state index contributed by atoms with van der Waals surface area (Å²) in [7, 11) is 0. The number of non-ortho nitro benzene ring substituents is 1. The van der Waals surface area contributed by atoms with Gasteiger partial charge in [0.1, 0.15) is 0 Å². The first-order valence-corrected chi connectivity index (χ1v) is 7.07. The fourth-order valence-corrected chi connectivity index (χ4v) is 2.79. The van der Waals surface area contributed by atoms with E-state index in [1.165, 1.54) is 28.5 Å². The van der Waals surface area contributed by atoms with E-state index < -0.39 is 4.92 Å². The molecule has 0 aliphatic carbocycles. The summed E-state index contributed by atoms with van der Waals surface area (Å²) in [6.07, 6.45) is 0. The third-order valence-corrected chi connectivity index (χ3v) is 3.88. The van der Waals surface area contributed by atoms with Crippen molar-refractivity contribution in [1.29, 1.82) is 0 Å². The summed E-state index contributed by atoms with van der Waals surface area (Å²) in [4.78, 5) is 21.8. The Kier molecular flexibility index (Phi) is 4.60. The van der Waals surface area contributed by atoms with Crippen molar-refractivity contribution in [3.63, 3.8) is 0 Å². The Labute approximate surface area is 123 Å². The summed E-state index contributed by atoms with van der Waals surface area (Å²) in [5.41, 5.74) is 3.46. The van der Waals surface area contributed by atoms with Gasteiger partial charge >= 0.3 is 5.69 Å². The highest BCUT2D eigenvalue weighted by Gasteiger charge is 2.13. The molecule has 0 aliphatic rings. The van der Waals surface area contributed by atoms with Gasteiger partial charge in [-0.3, -0.25) is 20.5 Å². The maximum Gasteiger partial charge on any atom is 0.343 e. The van der Waals surface area contributed by atoms with Crippen LogP contribution in [0, 0.1) is 10.1 Å². The van der Waals surface area contributed by atoms with Crippen LogP contribution in [0.3, 0.4) is 0 Å². The van der Waals surface area contributed by atoms with Gasteiger partial charge in [-0.05, 0) is 18.6 Å². The maximum absolute atomic E-state index is 11.5. The van der Waals surface area contributed by atoms with Crippen LogP contribution in [0.5, 0.6) is 0 Å². The minimum absolute atomic E-state index is 0.0143. The minimum Gasteiger partial charge on any atom is -0.324 e.